The van der Waals surface area contributed by atoms with E-state index < -0.39 is 11.7 Å². The van der Waals surface area contributed by atoms with Crippen LogP contribution in [0.5, 0.6) is 0 Å². The average Bonchev–Trinajstić information content (AvgIpc) is 3.49. The molecule has 0 radical (unpaired) electrons. The summed E-state index contributed by atoms with van der Waals surface area (Å²) in [6.07, 6.45) is -3.14. The second-order valence-electron chi connectivity index (χ2n) is 8.59. The zero-order valence-electron chi connectivity index (χ0n) is 19.0. The highest BCUT2D eigenvalue weighted by molar-refractivity contribution is 5.93. The van der Waals surface area contributed by atoms with Gasteiger partial charge in [-0.15, -0.1) is 0 Å². The fourth-order valence-corrected chi connectivity index (χ4v) is 4.65. The first-order valence-corrected chi connectivity index (χ1v) is 11.3. The molecule has 1 fully saturated rings. The summed E-state index contributed by atoms with van der Waals surface area (Å²) in [6, 6.07) is 15.0. The standard InChI is InChI=1S/C25H24F3N5O2/c1-35-15-23-29-20-13-17(25(26,27)28)7-8-22(20)33(23)18-9-11-32(12-10-18)24(34)21-14-19(30-31-21)16-5-3-2-4-6-16/h2-8,13-14,18H,9-12,15H2,1H3,(H,30,31). The topological polar surface area (TPSA) is 76.0 Å². The van der Waals surface area contributed by atoms with Crippen LogP contribution in [0.3, 0.4) is 0 Å². The summed E-state index contributed by atoms with van der Waals surface area (Å²) in [6.45, 7) is 1.21. The van der Waals surface area contributed by atoms with Gasteiger partial charge < -0.3 is 14.2 Å². The van der Waals surface area contributed by atoms with Crippen LogP contribution in [0.4, 0.5) is 13.2 Å². The molecule has 35 heavy (non-hydrogen) atoms. The van der Waals surface area contributed by atoms with E-state index in [1.54, 1.807) is 11.0 Å². The van der Waals surface area contributed by atoms with E-state index in [1.165, 1.54) is 13.2 Å². The number of fused-ring (bicyclic) bond motifs is 1. The van der Waals surface area contributed by atoms with Gasteiger partial charge in [-0.25, -0.2) is 4.98 Å². The molecule has 1 aliphatic rings. The summed E-state index contributed by atoms with van der Waals surface area (Å²) < 4.78 is 46.8. The Morgan fingerprint density at radius 2 is 1.86 bits per heavy atom. The van der Waals surface area contributed by atoms with E-state index in [-0.39, 0.29) is 24.1 Å². The van der Waals surface area contributed by atoms with Crippen molar-refractivity contribution in [2.24, 2.45) is 0 Å². The molecule has 0 atom stereocenters. The number of nitrogens with zero attached hydrogens (tertiary/aromatic N) is 4. The number of ether oxygens (including phenoxy) is 1. The van der Waals surface area contributed by atoms with Crippen molar-refractivity contribution in [2.75, 3.05) is 20.2 Å². The summed E-state index contributed by atoms with van der Waals surface area (Å²) in [7, 11) is 1.53. The molecule has 10 heteroatoms. The number of nitrogens with one attached hydrogen (secondary N) is 1. The second kappa shape index (κ2) is 9.18. The molecule has 0 bridgehead atoms. The maximum atomic E-state index is 13.2. The summed E-state index contributed by atoms with van der Waals surface area (Å²) in [5.74, 6) is 0.452. The number of rotatable bonds is 5. The lowest BCUT2D eigenvalue weighted by Gasteiger charge is -2.33. The van der Waals surface area contributed by atoms with Crippen LogP contribution in [-0.2, 0) is 17.5 Å². The van der Waals surface area contributed by atoms with Crippen molar-refractivity contribution in [1.82, 2.24) is 24.6 Å². The first kappa shape index (κ1) is 23.1. The number of halogens is 3. The Labute approximate surface area is 199 Å². The average molecular weight is 483 g/mol. The Balaban J connectivity index is 1.33. The first-order chi connectivity index (χ1) is 16.8. The van der Waals surface area contributed by atoms with Crippen molar-refractivity contribution in [3.8, 4) is 11.3 Å². The number of hydrogen-bond acceptors (Lipinski definition) is 4. The number of carbonyl (C=O) groups is 1. The van der Waals surface area contributed by atoms with E-state index in [4.69, 9.17) is 4.74 Å². The minimum atomic E-state index is -4.43. The SMILES string of the molecule is COCc1nc2cc(C(F)(F)F)ccc2n1C1CCN(C(=O)c2cc(-c3ccccc3)n[nH]2)CC1. The third-order valence-corrected chi connectivity index (χ3v) is 6.36. The predicted octanol–water partition coefficient (Wildman–Crippen LogP) is 5.07. The first-order valence-electron chi connectivity index (χ1n) is 11.3. The number of aromatic nitrogens is 4. The number of likely N-dealkylation sites (tertiary alicyclic amines) is 1. The quantitative estimate of drug-likeness (QED) is 0.430. The van der Waals surface area contributed by atoms with Gasteiger partial charge in [0.1, 0.15) is 18.1 Å². The van der Waals surface area contributed by atoms with E-state index in [0.29, 0.717) is 48.7 Å². The van der Waals surface area contributed by atoms with Gasteiger partial charge in [0.2, 0.25) is 0 Å². The molecule has 0 saturated carbocycles. The molecule has 0 aliphatic carbocycles. The van der Waals surface area contributed by atoms with Crippen LogP contribution in [0.2, 0.25) is 0 Å². The maximum Gasteiger partial charge on any atom is 0.416 e. The number of alkyl halides is 3. The van der Waals surface area contributed by atoms with Gasteiger partial charge in [0.25, 0.3) is 5.91 Å². The van der Waals surface area contributed by atoms with Gasteiger partial charge in [-0.05, 0) is 37.1 Å². The number of hydrogen-bond donors (Lipinski definition) is 1. The summed E-state index contributed by atoms with van der Waals surface area (Å²) in [5.41, 5.74) is 2.25. The largest absolute Gasteiger partial charge is 0.416 e. The lowest BCUT2D eigenvalue weighted by Crippen LogP contribution is -2.39. The molecule has 5 rings (SSSR count). The number of H-pyrrole nitrogens is 1. The molecule has 0 spiro atoms. The lowest BCUT2D eigenvalue weighted by atomic mass is 10.0. The van der Waals surface area contributed by atoms with Gasteiger partial charge in [0.05, 0.1) is 22.3 Å². The zero-order valence-corrected chi connectivity index (χ0v) is 19.0. The van der Waals surface area contributed by atoms with Crippen molar-refractivity contribution in [2.45, 2.75) is 31.7 Å². The van der Waals surface area contributed by atoms with E-state index in [1.807, 2.05) is 34.9 Å². The minimum absolute atomic E-state index is 0.00687. The second-order valence-corrected chi connectivity index (χ2v) is 8.59. The van der Waals surface area contributed by atoms with Gasteiger partial charge in [0, 0.05) is 31.8 Å². The van der Waals surface area contributed by atoms with Crippen LogP contribution in [0.25, 0.3) is 22.3 Å². The number of amides is 1. The smallest absolute Gasteiger partial charge is 0.377 e. The molecule has 3 heterocycles. The van der Waals surface area contributed by atoms with Crippen molar-refractivity contribution in [3.63, 3.8) is 0 Å². The predicted molar refractivity (Wildman–Crippen MR) is 124 cm³/mol. The third kappa shape index (κ3) is 4.53. The summed E-state index contributed by atoms with van der Waals surface area (Å²) >= 11 is 0. The highest BCUT2D eigenvalue weighted by Gasteiger charge is 2.32. The maximum absolute atomic E-state index is 13.2. The fourth-order valence-electron chi connectivity index (χ4n) is 4.65. The Morgan fingerprint density at radius 1 is 1.11 bits per heavy atom. The van der Waals surface area contributed by atoms with E-state index in [9.17, 15) is 18.0 Å². The molecular formula is C25H24F3N5O2. The van der Waals surface area contributed by atoms with Crippen LogP contribution in [0, 0.1) is 0 Å². The van der Waals surface area contributed by atoms with Crippen LogP contribution in [0.1, 0.15) is 40.8 Å². The van der Waals surface area contributed by atoms with Gasteiger partial charge in [0.15, 0.2) is 0 Å². The minimum Gasteiger partial charge on any atom is -0.377 e. The molecular weight excluding hydrogens is 459 g/mol. The molecule has 1 N–H and O–H groups in total. The van der Waals surface area contributed by atoms with Crippen molar-refractivity contribution >= 4 is 16.9 Å². The molecule has 2 aromatic carbocycles. The molecule has 2 aromatic heterocycles. The van der Waals surface area contributed by atoms with Crippen molar-refractivity contribution < 1.29 is 22.7 Å². The monoisotopic (exact) mass is 483 g/mol. The Morgan fingerprint density at radius 3 is 2.54 bits per heavy atom. The van der Waals surface area contributed by atoms with E-state index in [2.05, 4.69) is 15.2 Å². The van der Waals surface area contributed by atoms with Gasteiger partial charge in [-0.1, -0.05) is 30.3 Å². The number of carbonyl (C=O) groups excluding carboxylic acids is 1. The molecule has 182 valence electrons. The van der Waals surface area contributed by atoms with Crippen molar-refractivity contribution in [3.05, 3.63) is 71.7 Å². The zero-order chi connectivity index (χ0) is 24.6. The molecule has 4 aromatic rings. The summed E-state index contributed by atoms with van der Waals surface area (Å²) in [5, 5.41) is 7.11. The molecule has 1 amide bonds. The molecule has 1 saturated heterocycles. The number of benzene rings is 2. The number of piperidine rings is 1. The normalized spacial score (nSPS) is 15.1. The Bertz CT molecular complexity index is 1340. The van der Waals surface area contributed by atoms with Crippen LogP contribution in [0.15, 0.2) is 54.6 Å². The summed E-state index contributed by atoms with van der Waals surface area (Å²) in [4.78, 5) is 19.3. The Kier molecular flexibility index (Phi) is 6.06. The van der Waals surface area contributed by atoms with Gasteiger partial charge >= 0.3 is 6.18 Å². The van der Waals surface area contributed by atoms with Crippen LogP contribution >= 0.6 is 0 Å². The van der Waals surface area contributed by atoms with Gasteiger partial charge in [-0.3, -0.25) is 9.89 Å². The van der Waals surface area contributed by atoms with E-state index in [0.717, 1.165) is 17.7 Å². The molecule has 0 unspecified atom stereocenters. The van der Waals surface area contributed by atoms with Crippen LogP contribution < -0.4 is 0 Å². The number of methoxy groups -OCH3 is 1. The highest BCUT2D eigenvalue weighted by atomic mass is 19.4. The Hall–Kier alpha value is -3.66. The fraction of sp³-hybridized carbons (Fsp3) is 0.320. The highest BCUT2D eigenvalue weighted by Crippen LogP contribution is 2.34. The van der Waals surface area contributed by atoms with E-state index >= 15 is 0 Å². The molecule has 7 nitrogen and oxygen atoms in total. The molecule has 1 aliphatic heterocycles. The number of aromatic amines is 1. The van der Waals surface area contributed by atoms with Crippen molar-refractivity contribution in [1.29, 1.82) is 0 Å². The van der Waals surface area contributed by atoms with Crippen LogP contribution in [-0.4, -0.2) is 50.8 Å². The lowest BCUT2D eigenvalue weighted by molar-refractivity contribution is -0.137. The number of imidazole rings is 1. The third-order valence-electron chi connectivity index (χ3n) is 6.36. The van der Waals surface area contributed by atoms with Gasteiger partial charge in [-0.2, -0.15) is 18.3 Å².